The minimum Gasteiger partial charge on any atom is -0.445 e. The lowest BCUT2D eigenvalue weighted by atomic mass is 9.78. The summed E-state index contributed by atoms with van der Waals surface area (Å²) in [7, 11) is 0. The second-order valence-corrected chi connectivity index (χ2v) is 5.91. The van der Waals surface area contributed by atoms with Crippen LogP contribution < -0.4 is 0 Å². The molecule has 1 aromatic carbocycles. The van der Waals surface area contributed by atoms with E-state index >= 15 is 0 Å². The molecule has 2 aliphatic rings. The Kier molecular flexibility index (Phi) is 4.23. The molecule has 1 saturated heterocycles. The number of Topliss-reactive ketones (excluding diaryl/α,β-unsaturated/α-hetero) is 1. The fraction of sp³-hybridized carbons (Fsp3) is 0.529. The van der Waals surface area contributed by atoms with Crippen molar-refractivity contribution in [2.24, 2.45) is 5.92 Å². The molecule has 0 unspecified atom stereocenters. The third-order valence-corrected chi connectivity index (χ3v) is 4.58. The molecule has 0 N–H and O–H groups in total. The predicted octanol–water partition coefficient (Wildman–Crippen LogP) is 3.16. The van der Waals surface area contributed by atoms with Crippen molar-refractivity contribution in [3.05, 3.63) is 35.9 Å². The lowest BCUT2D eigenvalue weighted by Crippen LogP contribution is -2.53. The molecule has 3 rings (SSSR count). The van der Waals surface area contributed by atoms with Gasteiger partial charge in [-0.15, -0.1) is 0 Å². The van der Waals surface area contributed by atoms with Crippen molar-refractivity contribution < 1.29 is 14.3 Å². The average Bonchev–Trinajstić information content (AvgIpc) is 2.54. The van der Waals surface area contributed by atoms with Gasteiger partial charge in [0.25, 0.3) is 0 Å². The van der Waals surface area contributed by atoms with Gasteiger partial charge in [-0.3, -0.25) is 4.79 Å². The van der Waals surface area contributed by atoms with Gasteiger partial charge in [-0.2, -0.15) is 0 Å². The van der Waals surface area contributed by atoms with Gasteiger partial charge >= 0.3 is 6.09 Å². The second-order valence-electron chi connectivity index (χ2n) is 5.91. The molecule has 0 bridgehead atoms. The standard InChI is InChI=1S/C17H21NO3/c19-16-10-11-18(15-9-5-4-8-14(15)16)17(20)21-12-13-6-2-1-3-7-13/h1-3,6-7,14-15H,4-5,8-12H2/t14-,15+/m0/s1. The average molecular weight is 287 g/mol. The highest BCUT2D eigenvalue weighted by Gasteiger charge is 2.41. The van der Waals surface area contributed by atoms with E-state index in [2.05, 4.69) is 0 Å². The number of piperidine rings is 1. The van der Waals surface area contributed by atoms with Crippen molar-refractivity contribution in [3.8, 4) is 0 Å². The number of carbonyl (C=O) groups is 2. The van der Waals surface area contributed by atoms with Crippen LogP contribution in [0.2, 0.25) is 0 Å². The number of carbonyl (C=O) groups excluding carboxylic acids is 2. The topological polar surface area (TPSA) is 46.6 Å². The molecule has 112 valence electrons. The van der Waals surface area contributed by atoms with Crippen LogP contribution in [0.3, 0.4) is 0 Å². The van der Waals surface area contributed by atoms with E-state index in [0.717, 1.165) is 31.2 Å². The Hall–Kier alpha value is -1.84. The first-order chi connectivity index (χ1) is 10.3. The first-order valence-electron chi connectivity index (χ1n) is 7.76. The van der Waals surface area contributed by atoms with Crippen molar-refractivity contribution in [1.29, 1.82) is 0 Å². The molecular formula is C17H21NO3. The molecule has 0 aromatic heterocycles. The highest BCUT2D eigenvalue weighted by Crippen LogP contribution is 2.33. The van der Waals surface area contributed by atoms with Crippen LogP contribution in [0.4, 0.5) is 4.79 Å². The van der Waals surface area contributed by atoms with Crippen LogP contribution in [0.5, 0.6) is 0 Å². The molecular weight excluding hydrogens is 266 g/mol. The van der Waals surface area contributed by atoms with Gasteiger partial charge < -0.3 is 9.64 Å². The van der Waals surface area contributed by atoms with E-state index in [1.165, 1.54) is 0 Å². The Morgan fingerprint density at radius 2 is 1.95 bits per heavy atom. The number of likely N-dealkylation sites (tertiary alicyclic amines) is 1. The first-order valence-corrected chi connectivity index (χ1v) is 7.76. The van der Waals surface area contributed by atoms with Crippen LogP contribution in [0, 0.1) is 5.92 Å². The quantitative estimate of drug-likeness (QED) is 0.839. The molecule has 1 amide bonds. The Bertz CT molecular complexity index is 514. The summed E-state index contributed by atoms with van der Waals surface area (Å²) >= 11 is 0. The molecule has 1 aliphatic heterocycles. The largest absolute Gasteiger partial charge is 0.445 e. The summed E-state index contributed by atoms with van der Waals surface area (Å²) in [4.78, 5) is 26.1. The molecule has 0 radical (unpaired) electrons. The zero-order chi connectivity index (χ0) is 14.7. The number of fused-ring (bicyclic) bond motifs is 1. The van der Waals surface area contributed by atoms with Crippen molar-refractivity contribution in [2.45, 2.75) is 44.8 Å². The van der Waals surface area contributed by atoms with Gasteiger partial charge in [0.15, 0.2) is 0 Å². The van der Waals surface area contributed by atoms with Crippen LogP contribution in [-0.2, 0) is 16.1 Å². The van der Waals surface area contributed by atoms with Gasteiger partial charge in [-0.25, -0.2) is 4.79 Å². The van der Waals surface area contributed by atoms with E-state index in [4.69, 9.17) is 4.74 Å². The lowest BCUT2D eigenvalue weighted by Gasteiger charge is -2.42. The fourth-order valence-electron chi connectivity index (χ4n) is 3.47. The number of rotatable bonds is 2. The van der Waals surface area contributed by atoms with Gasteiger partial charge in [-0.05, 0) is 18.4 Å². The molecule has 4 heteroatoms. The third-order valence-electron chi connectivity index (χ3n) is 4.58. The SMILES string of the molecule is O=C1CCN(C(=O)OCc2ccccc2)[C@@H]2CCCC[C@H]12. The molecule has 1 aliphatic carbocycles. The third kappa shape index (κ3) is 3.09. The van der Waals surface area contributed by atoms with Crippen LogP contribution in [0.1, 0.15) is 37.7 Å². The Labute approximate surface area is 125 Å². The number of ketones is 1. The van der Waals surface area contributed by atoms with Gasteiger partial charge in [0, 0.05) is 24.9 Å². The normalized spacial score (nSPS) is 25.3. The van der Waals surface area contributed by atoms with Gasteiger partial charge in [0.1, 0.15) is 12.4 Å². The maximum Gasteiger partial charge on any atom is 0.410 e. The first kappa shape index (κ1) is 14.1. The van der Waals surface area contributed by atoms with Crippen molar-refractivity contribution in [1.82, 2.24) is 4.90 Å². The summed E-state index contributed by atoms with van der Waals surface area (Å²) in [6, 6.07) is 9.74. The smallest absolute Gasteiger partial charge is 0.410 e. The Balaban J connectivity index is 1.62. The molecule has 21 heavy (non-hydrogen) atoms. The highest BCUT2D eigenvalue weighted by atomic mass is 16.6. The summed E-state index contributed by atoms with van der Waals surface area (Å²) in [5.74, 6) is 0.364. The van der Waals surface area contributed by atoms with Gasteiger partial charge in [-0.1, -0.05) is 43.2 Å². The molecule has 1 aromatic rings. The molecule has 4 nitrogen and oxygen atoms in total. The Morgan fingerprint density at radius 3 is 2.76 bits per heavy atom. The van der Waals surface area contributed by atoms with Gasteiger partial charge in [0.2, 0.25) is 0 Å². The minimum absolute atomic E-state index is 0.0387. The summed E-state index contributed by atoms with van der Waals surface area (Å²) < 4.78 is 5.43. The number of hydrogen-bond acceptors (Lipinski definition) is 3. The predicted molar refractivity (Wildman–Crippen MR) is 78.7 cm³/mol. The summed E-state index contributed by atoms with van der Waals surface area (Å²) in [6.07, 6.45) is 4.24. The van der Waals surface area contributed by atoms with E-state index < -0.39 is 0 Å². The number of hydrogen-bond donors (Lipinski definition) is 0. The van der Waals surface area contributed by atoms with E-state index in [1.807, 2.05) is 30.3 Å². The number of ether oxygens (including phenoxy) is 1. The lowest BCUT2D eigenvalue weighted by molar-refractivity contribution is -0.129. The van der Waals surface area contributed by atoms with Crippen molar-refractivity contribution in [2.75, 3.05) is 6.54 Å². The maximum atomic E-state index is 12.3. The van der Waals surface area contributed by atoms with E-state index in [-0.39, 0.29) is 18.1 Å². The summed E-state index contributed by atoms with van der Waals surface area (Å²) in [5, 5.41) is 0. The number of nitrogens with zero attached hydrogens (tertiary/aromatic N) is 1. The van der Waals surface area contributed by atoms with Crippen molar-refractivity contribution >= 4 is 11.9 Å². The molecule has 2 atom stereocenters. The van der Waals surface area contributed by atoms with Crippen molar-refractivity contribution in [3.63, 3.8) is 0 Å². The number of amides is 1. The van der Waals surface area contributed by atoms with E-state index in [1.54, 1.807) is 4.90 Å². The minimum atomic E-state index is -0.275. The second kappa shape index (κ2) is 6.29. The molecule has 1 heterocycles. The molecule has 2 fully saturated rings. The van der Waals surface area contributed by atoms with Crippen LogP contribution in [0.25, 0.3) is 0 Å². The van der Waals surface area contributed by atoms with Crippen LogP contribution >= 0.6 is 0 Å². The number of benzene rings is 1. The fourth-order valence-corrected chi connectivity index (χ4v) is 3.47. The zero-order valence-electron chi connectivity index (χ0n) is 12.2. The zero-order valence-corrected chi connectivity index (χ0v) is 12.2. The van der Waals surface area contributed by atoms with Crippen LogP contribution in [0.15, 0.2) is 30.3 Å². The van der Waals surface area contributed by atoms with E-state index in [9.17, 15) is 9.59 Å². The Morgan fingerprint density at radius 1 is 1.19 bits per heavy atom. The van der Waals surface area contributed by atoms with E-state index in [0.29, 0.717) is 25.4 Å². The van der Waals surface area contributed by atoms with Crippen LogP contribution in [-0.4, -0.2) is 29.4 Å². The van der Waals surface area contributed by atoms with Gasteiger partial charge in [0.05, 0.1) is 0 Å². The maximum absolute atomic E-state index is 12.3. The molecule has 0 spiro atoms. The highest BCUT2D eigenvalue weighted by molar-refractivity contribution is 5.84. The summed E-state index contributed by atoms with van der Waals surface area (Å²) in [5.41, 5.74) is 0.985. The monoisotopic (exact) mass is 287 g/mol. The summed E-state index contributed by atoms with van der Waals surface area (Å²) in [6.45, 7) is 0.801. The molecule has 1 saturated carbocycles.